The molecule has 1 aliphatic heterocycles. The van der Waals surface area contributed by atoms with Gasteiger partial charge in [0.1, 0.15) is 17.3 Å². The van der Waals surface area contributed by atoms with Crippen molar-refractivity contribution in [3.8, 4) is 11.5 Å². The van der Waals surface area contributed by atoms with Crippen LogP contribution in [-0.2, 0) is 4.79 Å². The highest BCUT2D eigenvalue weighted by Crippen LogP contribution is 2.37. The molecule has 3 aromatic rings. The van der Waals surface area contributed by atoms with Crippen LogP contribution in [0, 0.1) is 5.82 Å². The first-order chi connectivity index (χ1) is 16.9. The summed E-state index contributed by atoms with van der Waals surface area (Å²) in [6.07, 6.45) is 2.79. The zero-order chi connectivity index (χ0) is 24.4. The van der Waals surface area contributed by atoms with Gasteiger partial charge in [0, 0.05) is 23.0 Å². The summed E-state index contributed by atoms with van der Waals surface area (Å²) in [5.41, 5.74) is 0.833. The van der Waals surface area contributed by atoms with Crippen molar-refractivity contribution >= 4 is 34.8 Å². The summed E-state index contributed by atoms with van der Waals surface area (Å²) < 4.78 is 30.8. The molecule has 11 heteroatoms. The van der Waals surface area contributed by atoms with Gasteiger partial charge in [-0.15, -0.1) is 10.2 Å². The quantitative estimate of drug-likeness (QED) is 0.455. The Labute approximate surface area is 211 Å². The minimum absolute atomic E-state index is 0.00514. The largest absolute Gasteiger partial charge is 0.484 e. The SMILES string of the molecule is O=C(COc1ccc(Cl)c(F)c1)NC1CCC(c2nnc([C@H]3CNc4cc(Cl)ccc4O3)o2)CC1. The van der Waals surface area contributed by atoms with Crippen molar-refractivity contribution in [2.75, 3.05) is 18.5 Å². The van der Waals surface area contributed by atoms with Crippen molar-refractivity contribution in [1.82, 2.24) is 15.5 Å². The molecule has 1 fully saturated rings. The van der Waals surface area contributed by atoms with Gasteiger partial charge in [0.25, 0.3) is 11.8 Å². The molecule has 184 valence electrons. The lowest BCUT2D eigenvalue weighted by Gasteiger charge is -2.27. The fraction of sp³-hybridized carbons (Fsp3) is 0.375. The van der Waals surface area contributed by atoms with E-state index in [0.29, 0.717) is 29.1 Å². The van der Waals surface area contributed by atoms with Gasteiger partial charge in [-0.2, -0.15) is 0 Å². The summed E-state index contributed by atoms with van der Waals surface area (Å²) >= 11 is 11.7. The molecule has 0 bridgehead atoms. The van der Waals surface area contributed by atoms with Crippen LogP contribution in [0.4, 0.5) is 10.1 Å². The highest BCUT2D eigenvalue weighted by Gasteiger charge is 2.30. The van der Waals surface area contributed by atoms with Gasteiger partial charge < -0.3 is 24.5 Å². The fourth-order valence-electron chi connectivity index (χ4n) is 4.29. The van der Waals surface area contributed by atoms with Crippen LogP contribution in [0.15, 0.2) is 40.8 Å². The molecule has 2 aromatic carbocycles. The first-order valence-electron chi connectivity index (χ1n) is 11.3. The molecule has 0 radical (unpaired) electrons. The van der Waals surface area contributed by atoms with E-state index in [2.05, 4.69) is 20.8 Å². The number of hydrogen-bond donors (Lipinski definition) is 2. The predicted octanol–water partition coefficient (Wildman–Crippen LogP) is 5.28. The lowest BCUT2D eigenvalue weighted by Crippen LogP contribution is -2.39. The van der Waals surface area contributed by atoms with E-state index >= 15 is 0 Å². The van der Waals surface area contributed by atoms with Gasteiger partial charge in [0.15, 0.2) is 12.7 Å². The molecule has 0 unspecified atom stereocenters. The van der Waals surface area contributed by atoms with Crippen LogP contribution in [0.25, 0.3) is 0 Å². The molecule has 1 saturated carbocycles. The predicted molar refractivity (Wildman–Crippen MR) is 128 cm³/mol. The highest BCUT2D eigenvalue weighted by atomic mass is 35.5. The molecule has 1 aliphatic carbocycles. The lowest BCUT2D eigenvalue weighted by molar-refractivity contribution is -0.124. The average Bonchev–Trinajstić information content (AvgIpc) is 3.35. The number of hydrogen-bond acceptors (Lipinski definition) is 7. The standard InChI is InChI=1S/C24H23Cl2FN4O4/c25-14-3-8-20-19(9-14)28-11-21(34-20)24-31-30-23(35-24)13-1-4-15(5-2-13)29-22(32)12-33-16-6-7-17(26)18(27)10-16/h3,6-10,13,15,21,28H,1-2,4-5,11-12H2,(H,29,32)/t13?,15?,21-/m1/s1. The molecule has 0 spiro atoms. The zero-order valence-electron chi connectivity index (χ0n) is 18.6. The Hall–Kier alpha value is -3.04. The lowest BCUT2D eigenvalue weighted by atomic mass is 9.86. The summed E-state index contributed by atoms with van der Waals surface area (Å²) in [6, 6.07) is 9.48. The molecule has 1 aromatic heterocycles. The first kappa shape index (κ1) is 23.7. The molecule has 2 heterocycles. The maximum Gasteiger partial charge on any atom is 0.258 e. The second-order valence-corrected chi connectivity index (χ2v) is 9.43. The molecule has 1 atom stereocenters. The monoisotopic (exact) mass is 520 g/mol. The molecule has 35 heavy (non-hydrogen) atoms. The maximum atomic E-state index is 13.5. The molecular weight excluding hydrogens is 498 g/mol. The van der Waals surface area contributed by atoms with E-state index in [-0.39, 0.29) is 41.3 Å². The third-order valence-corrected chi connectivity index (χ3v) is 6.66. The number of anilines is 1. The summed E-state index contributed by atoms with van der Waals surface area (Å²) in [6.45, 7) is 0.303. The van der Waals surface area contributed by atoms with Crippen LogP contribution in [0.2, 0.25) is 10.0 Å². The van der Waals surface area contributed by atoms with Gasteiger partial charge in [-0.3, -0.25) is 4.79 Å². The smallest absolute Gasteiger partial charge is 0.258 e. The number of fused-ring (bicyclic) bond motifs is 1. The fourth-order valence-corrected chi connectivity index (χ4v) is 4.58. The van der Waals surface area contributed by atoms with Crippen LogP contribution in [0.5, 0.6) is 11.5 Å². The van der Waals surface area contributed by atoms with Crippen molar-refractivity contribution < 1.29 is 23.1 Å². The van der Waals surface area contributed by atoms with Crippen LogP contribution in [0.3, 0.4) is 0 Å². The van der Waals surface area contributed by atoms with Gasteiger partial charge in [-0.1, -0.05) is 23.2 Å². The number of ether oxygens (including phenoxy) is 2. The van der Waals surface area contributed by atoms with E-state index in [1.54, 1.807) is 6.07 Å². The molecule has 2 aliphatic rings. The number of benzene rings is 2. The van der Waals surface area contributed by atoms with Crippen LogP contribution >= 0.6 is 23.2 Å². The van der Waals surface area contributed by atoms with E-state index in [1.165, 1.54) is 12.1 Å². The summed E-state index contributed by atoms with van der Waals surface area (Å²) in [7, 11) is 0. The second-order valence-electron chi connectivity index (χ2n) is 8.59. The second kappa shape index (κ2) is 10.3. The zero-order valence-corrected chi connectivity index (χ0v) is 20.1. The Kier molecular flexibility index (Phi) is 6.97. The number of nitrogens with zero attached hydrogens (tertiary/aromatic N) is 2. The Bertz CT molecular complexity index is 1220. The topological polar surface area (TPSA) is 98.5 Å². The Morgan fingerprint density at radius 1 is 1.11 bits per heavy atom. The number of amides is 1. The maximum absolute atomic E-state index is 13.5. The summed E-state index contributed by atoms with van der Waals surface area (Å²) in [5, 5.41) is 15.4. The highest BCUT2D eigenvalue weighted by molar-refractivity contribution is 6.31. The molecule has 1 amide bonds. The van der Waals surface area contributed by atoms with E-state index < -0.39 is 5.82 Å². The van der Waals surface area contributed by atoms with Gasteiger partial charge in [-0.25, -0.2) is 4.39 Å². The third-order valence-electron chi connectivity index (χ3n) is 6.12. The molecule has 0 saturated heterocycles. The van der Waals surface area contributed by atoms with Gasteiger partial charge in [-0.05, 0) is 56.0 Å². The molecular formula is C24H23Cl2FN4O4. The van der Waals surface area contributed by atoms with Crippen LogP contribution in [0.1, 0.15) is 49.5 Å². The number of rotatable bonds is 6. The Balaban J connectivity index is 1.09. The van der Waals surface area contributed by atoms with E-state index in [4.69, 9.17) is 37.1 Å². The summed E-state index contributed by atoms with van der Waals surface area (Å²) in [5.74, 6) is 1.23. The van der Waals surface area contributed by atoms with Crippen molar-refractivity contribution in [1.29, 1.82) is 0 Å². The number of carbonyl (C=O) groups is 1. The summed E-state index contributed by atoms with van der Waals surface area (Å²) in [4.78, 5) is 12.2. The minimum Gasteiger partial charge on any atom is -0.484 e. The van der Waals surface area contributed by atoms with E-state index in [0.717, 1.165) is 37.4 Å². The number of nitrogens with one attached hydrogen (secondary N) is 2. The van der Waals surface area contributed by atoms with Crippen LogP contribution < -0.4 is 20.1 Å². The number of carbonyl (C=O) groups excluding carboxylic acids is 1. The molecule has 5 rings (SSSR count). The first-order valence-corrected chi connectivity index (χ1v) is 12.1. The van der Waals surface area contributed by atoms with Crippen molar-refractivity contribution in [2.24, 2.45) is 0 Å². The van der Waals surface area contributed by atoms with Gasteiger partial charge >= 0.3 is 0 Å². The molecule has 8 nitrogen and oxygen atoms in total. The van der Waals surface area contributed by atoms with E-state index in [1.807, 2.05) is 12.1 Å². The van der Waals surface area contributed by atoms with Crippen molar-refractivity contribution in [3.63, 3.8) is 0 Å². The minimum atomic E-state index is -0.590. The van der Waals surface area contributed by atoms with Crippen molar-refractivity contribution in [3.05, 3.63) is 64.0 Å². The third kappa shape index (κ3) is 5.62. The van der Waals surface area contributed by atoms with Crippen LogP contribution in [-0.4, -0.2) is 35.3 Å². The number of halogens is 3. The Morgan fingerprint density at radius 2 is 1.91 bits per heavy atom. The van der Waals surface area contributed by atoms with Crippen molar-refractivity contribution in [2.45, 2.75) is 43.7 Å². The van der Waals surface area contributed by atoms with Gasteiger partial charge in [0.05, 0.1) is 17.3 Å². The van der Waals surface area contributed by atoms with Gasteiger partial charge in [0.2, 0.25) is 5.89 Å². The average molecular weight is 521 g/mol. The number of aromatic nitrogens is 2. The normalized spacial score (nSPS) is 21.4. The molecule has 2 N–H and O–H groups in total. The Morgan fingerprint density at radius 3 is 2.71 bits per heavy atom. The van der Waals surface area contributed by atoms with E-state index in [9.17, 15) is 9.18 Å².